The average Bonchev–Trinajstić information content (AvgIpc) is 2.21. The van der Waals surface area contributed by atoms with E-state index in [0.29, 0.717) is 5.88 Å². The summed E-state index contributed by atoms with van der Waals surface area (Å²) in [6, 6.07) is 0. The largest absolute Gasteiger partial charge is 0.481 e. The maximum atomic E-state index is 5.10. The van der Waals surface area contributed by atoms with Gasteiger partial charge in [0.15, 0.2) is 0 Å². The van der Waals surface area contributed by atoms with Gasteiger partial charge in [0.05, 0.1) is 12.7 Å². The minimum absolute atomic E-state index is 0.638. The van der Waals surface area contributed by atoms with Crippen molar-refractivity contribution in [3.8, 4) is 5.88 Å². The van der Waals surface area contributed by atoms with Gasteiger partial charge in [-0.2, -0.15) is 0 Å². The minimum Gasteiger partial charge on any atom is -0.481 e. The van der Waals surface area contributed by atoms with E-state index in [1.807, 2.05) is 6.92 Å². The predicted octanol–water partition coefficient (Wildman–Crippen LogP) is 2.01. The molecule has 0 fully saturated rings. The van der Waals surface area contributed by atoms with Gasteiger partial charge in [-0.05, 0) is 13.3 Å². The van der Waals surface area contributed by atoms with E-state index >= 15 is 0 Å². The third-order valence-electron chi connectivity index (χ3n) is 2.05. The summed E-state index contributed by atoms with van der Waals surface area (Å²) >= 11 is 0. The van der Waals surface area contributed by atoms with E-state index in [4.69, 9.17) is 4.74 Å². The molecule has 1 rings (SSSR count). The molecular weight excluding hydrogens is 178 g/mol. The third kappa shape index (κ3) is 2.58. The molecule has 14 heavy (non-hydrogen) atoms. The number of nitrogens with one attached hydrogen (secondary N) is 1. The molecule has 1 N–H and O–H groups in total. The topological polar surface area (TPSA) is 47.0 Å². The number of anilines is 1. The zero-order valence-corrected chi connectivity index (χ0v) is 9.00. The first kappa shape index (κ1) is 10.8. The number of aromatic nitrogens is 2. The minimum atomic E-state index is 0.638. The van der Waals surface area contributed by atoms with E-state index in [2.05, 4.69) is 22.2 Å². The number of nitrogens with zero attached hydrogens (tertiary/aromatic N) is 2. The lowest BCUT2D eigenvalue weighted by Crippen LogP contribution is -2.06. The second-order valence-electron chi connectivity index (χ2n) is 3.14. The van der Waals surface area contributed by atoms with Crippen molar-refractivity contribution < 1.29 is 4.74 Å². The van der Waals surface area contributed by atoms with Crippen molar-refractivity contribution in [3.05, 3.63) is 11.9 Å². The molecule has 0 aliphatic heterocycles. The summed E-state index contributed by atoms with van der Waals surface area (Å²) < 4.78 is 5.10. The van der Waals surface area contributed by atoms with Gasteiger partial charge in [0, 0.05) is 6.54 Å². The van der Waals surface area contributed by atoms with E-state index < -0.39 is 0 Å². The summed E-state index contributed by atoms with van der Waals surface area (Å²) in [5.41, 5.74) is 0.964. The molecule has 4 nitrogen and oxygen atoms in total. The Morgan fingerprint density at radius 1 is 1.43 bits per heavy atom. The molecule has 0 aliphatic rings. The van der Waals surface area contributed by atoms with Crippen LogP contribution in [0, 0.1) is 6.92 Å². The SMILES string of the molecule is CCCCNc1ncnc(OC)c1C. The monoisotopic (exact) mass is 195 g/mol. The molecule has 1 aromatic heterocycles. The van der Waals surface area contributed by atoms with Gasteiger partial charge in [0.2, 0.25) is 5.88 Å². The summed E-state index contributed by atoms with van der Waals surface area (Å²) in [6.45, 7) is 5.06. The standard InChI is InChI=1S/C10H17N3O/c1-4-5-6-11-9-8(2)10(14-3)13-7-12-9/h7H,4-6H2,1-3H3,(H,11,12,13). The molecule has 1 heterocycles. The highest BCUT2D eigenvalue weighted by atomic mass is 16.5. The van der Waals surface area contributed by atoms with E-state index in [9.17, 15) is 0 Å². The molecule has 0 aromatic carbocycles. The molecule has 0 aliphatic carbocycles. The highest BCUT2D eigenvalue weighted by Crippen LogP contribution is 2.19. The van der Waals surface area contributed by atoms with Crippen LogP contribution in [-0.4, -0.2) is 23.6 Å². The van der Waals surface area contributed by atoms with Gasteiger partial charge in [0.1, 0.15) is 12.1 Å². The van der Waals surface area contributed by atoms with Crippen LogP contribution in [0.2, 0.25) is 0 Å². The quantitative estimate of drug-likeness (QED) is 0.730. The Labute approximate surface area is 84.7 Å². The zero-order valence-electron chi connectivity index (χ0n) is 9.00. The summed E-state index contributed by atoms with van der Waals surface area (Å²) in [7, 11) is 1.62. The number of hydrogen-bond donors (Lipinski definition) is 1. The maximum Gasteiger partial charge on any atom is 0.221 e. The van der Waals surface area contributed by atoms with Crippen molar-refractivity contribution in [1.82, 2.24) is 9.97 Å². The van der Waals surface area contributed by atoms with Crippen molar-refractivity contribution in [2.75, 3.05) is 19.0 Å². The van der Waals surface area contributed by atoms with Crippen LogP contribution in [0.15, 0.2) is 6.33 Å². The molecule has 78 valence electrons. The van der Waals surface area contributed by atoms with Crippen LogP contribution in [-0.2, 0) is 0 Å². The Morgan fingerprint density at radius 3 is 2.86 bits per heavy atom. The Morgan fingerprint density at radius 2 is 2.21 bits per heavy atom. The van der Waals surface area contributed by atoms with Crippen molar-refractivity contribution in [3.63, 3.8) is 0 Å². The smallest absolute Gasteiger partial charge is 0.221 e. The first-order valence-corrected chi connectivity index (χ1v) is 4.89. The van der Waals surface area contributed by atoms with Crippen LogP contribution < -0.4 is 10.1 Å². The van der Waals surface area contributed by atoms with Crippen LogP contribution in [0.4, 0.5) is 5.82 Å². The second kappa shape index (κ2) is 5.42. The second-order valence-corrected chi connectivity index (χ2v) is 3.14. The fraction of sp³-hybridized carbons (Fsp3) is 0.600. The van der Waals surface area contributed by atoms with Crippen LogP contribution >= 0.6 is 0 Å². The molecule has 4 heteroatoms. The average molecular weight is 195 g/mol. The van der Waals surface area contributed by atoms with Gasteiger partial charge < -0.3 is 10.1 Å². The fourth-order valence-corrected chi connectivity index (χ4v) is 1.20. The lowest BCUT2D eigenvalue weighted by atomic mass is 10.3. The Bertz CT molecular complexity index is 289. The molecular formula is C10H17N3O. The molecule has 0 spiro atoms. The number of ether oxygens (including phenoxy) is 1. The normalized spacial score (nSPS) is 9.93. The number of methoxy groups -OCH3 is 1. The fourth-order valence-electron chi connectivity index (χ4n) is 1.20. The summed E-state index contributed by atoms with van der Waals surface area (Å²) in [4.78, 5) is 8.17. The number of unbranched alkanes of at least 4 members (excludes halogenated alkanes) is 1. The van der Waals surface area contributed by atoms with Crippen molar-refractivity contribution in [2.24, 2.45) is 0 Å². The lowest BCUT2D eigenvalue weighted by Gasteiger charge is -2.09. The maximum absolute atomic E-state index is 5.10. The molecule has 0 unspecified atom stereocenters. The number of hydrogen-bond acceptors (Lipinski definition) is 4. The van der Waals surface area contributed by atoms with Crippen molar-refractivity contribution in [2.45, 2.75) is 26.7 Å². The molecule has 0 radical (unpaired) electrons. The molecule has 0 amide bonds. The van der Waals surface area contributed by atoms with E-state index in [0.717, 1.165) is 24.3 Å². The highest BCUT2D eigenvalue weighted by molar-refractivity contribution is 5.47. The zero-order chi connectivity index (χ0) is 10.4. The Kier molecular flexibility index (Phi) is 4.16. The molecule has 0 saturated heterocycles. The number of rotatable bonds is 5. The summed E-state index contributed by atoms with van der Waals surface area (Å²) in [5, 5.41) is 3.26. The molecule has 0 bridgehead atoms. The van der Waals surface area contributed by atoms with E-state index in [-0.39, 0.29) is 0 Å². The van der Waals surface area contributed by atoms with Crippen LogP contribution in [0.25, 0.3) is 0 Å². The van der Waals surface area contributed by atoms with Crippen LogP contribution in [0.3, 0.4) is 0 Å². The Balaban J connectivity index is 2.66. The third-order valence-corrected chi connectivity index (χ3v) is 2.05. The van der Waals surface area contributed by atoms with E-state index in [1.54, 1.807) is 7.11 Å². The predicted molar refractivity (Wildman–Crippen MR) is 56.7 cm³/mol. The van der Waals surface area contributed by atoms with Crippen molar-refractivity contribution in [1.29, 1.82) is 0 Å². The van der Waals surface area contributed by atoms with Crippen LogP contribution in [0.5, 0.6) is 5.88 Å². The first-order valence-electron chi connectivity index (χ1n) is 4.89. The summed E-state index contributed by atoms with van der Waals surface area (Å²) in [6.07, 6.45) is 3.83. The van der Waals surface area contributed by atoms with Gasteiger partial charge in [-0.25, -0.2) is 9.97 Å². The first-order chi connectivity index (χ1) is 6.79. The van der Waals surface area contributed by atoms with Crippen LogP contribution in [0.1, 0.15) is 25.3 Å². The van der Waals surface area contributed by atoms with Gasteiger partial charge in [-0.3, -0.25) is 0 Å². The lowest BCUT2D eigenvalue weighted by molar-refractivity contribution is 0.393. The summed E-state index contributed by atoms with van der Waals surface area (Å²) in [5.74, 6) is 1.50. The molecule has 1 aromatic rings. The molecule has 0 atom stereocenters. The van der Waals surface area contributed by atoms with Crippen molar-refractivity contribution >= 4 is 5.82 Å². The van der Waals surface area contributed by atoms with Gasteiger partial charge in [0.25, 0.3) is 0 Å². The van der Waals surface area contributed by atoms with Gasteiger partial charge in [-0.15, -0.1) is 0 Å². The van der Waals surface area contributed by atoms with Gasteiger partial charge in [-0.1, -0.05) is 13.3 Å². The Hall–Kier alpha value is -1.32. The van der Waals surface area contributed by atoms with Gasteiger partial charge >= 0.3 is 0 Å². The van der Waals surface area contributed by atoms with E-state index in [1.165, 1.54) is 12.7 Å². The highest BCUT2D eigenvalue weighted by Gasteiger charge is 2.05. The molecule has 0 saturated carbocycles.